The van der Waals surface area contributed by atoms with E-state index in [9.17, 15) is 5.11 Å². The van der Waals surface area contributed by atoms with Crippen molar-refractivity contribution in [2.45, 2.75) is 99.0 Å². The average molecular weight is 399 g/mol. The number of hydrogen-bond acceptors (Lipinski definition) is 1. The fourth-order valence-electron chi connectivity index (χ4n) is 8.10. The molecule has 1 heteroatoms. The van der Waals surface area contributed by atoms with E-state index < -0.39 is 0 Å². The zero-order valence-electron chi connectivity index (χ0n) is 20.0. The summed E-state index contributed by atoms with van der Waals surface area (Å²) in [6, 6.07) is 0. The molecule has 4 aliphatic carbocycles. The van der Waals surface area contributed by atoms with Crippen LogP contribution in [0.1, 0.15) is 92.9 Å². The lowest BCUT2D eigenvalue weighted by Gasteiger charge is -2.57. The molecule has 0 bridgehead atoms. The van der Waals surface area contributed by atoms with E-state index in [1.165, 1.54) is 38.5 Å². The Bertz CT molecular complexity index is 659. The van der Waals surface area contributed by atoms with Crippen LogP contribution in [-0.4, -0.2) is 11.2 Å². The molecule has 4 aliphatic rings. The molecule has 3 fully saturated rings. The highest BCUT2D eigenvalue weighted by Gasteiger charge is 2.57. The molecule has 0 aromatic rings. The van der Waals surface area contributed by atoms with Gasteiger partial charge in [-0.1, -0.05) is 65.3 Å². The first-order valence-electron chi connectivity index (χ1n) is 12.7. The summed E-state index contributed by atoms with van der Waals surface area (Å²) in [5.74, 6) is 5.25. The van der Waals surface area contributed by atoms with Gasteiger partial charge in [0.1, 0.15) is 0 Å². The van der Waals surface area contributed by atoms with Gasteiger partial charge in [0.15, 0.2) is 0 Å². The average Bonchev–Trinajstić information content (AvgIpc) is 3.03. The lowest BCUT2D eigenvalue weighted by Crippen LogP contribution is -2.49. The smallest absolute Gasteiger partial charge is 0.0543 e. The quantitative estimate of drug-likeness (QED) is 0.489. The molecule has 0 aromatic heterocycles. The Morgan fingerprint density at radius 1 is 0.931 bits per heavy atom. The number of hydrogen-bond donors (Lipinski definition) is 1. The fraction of sp³-hybridized carbons (Fsp3) is 0.857. The summed E-state index contributed by atoms with van der Waals surface area (Å²) in [7, 11) is 0. The van der Waals surface area contributed by atoms with Crippen molar-refractivity contribution in [2.24, 2.45) is 52.3 Å². The molecule has 0 radical (unpaired) electrons. The van der Waals surface area contributed by atoms with Crippen LogP contribution in [-0.2, 0) is 0 Å². The summed E-state index contributed by atoms with van der Waals surface area (Å²) in [6.45, 7) is 14.7. The van der Waals surface area contributed by atoms with Gasteiger partial charge in [-0.2, -0.15) is 0 Å². The maximum atomic E-state index is 10.2. The van der Waals surface area contributed by atoms with Crippen molar-refractivity contribution in [1.29, 1.82) is 0 Å². The zero-order valence-corrected chi connectivity index (χ0v) is 20.0. The molecule has 0 amide bonds. The molecule has 9 atom stereocenters. The fourth-order valence-corrected chi connectivity index (χ4v) is 8.10. The summed E-state index contributed by atoms with van der Waals surface area (Å²) in [6.07, 6.45) is 17.8. The van der Waals surface area contributed by atoms with Crippen LogP contribution in [0, 0.1) is 52.3 Å². The maximum Gasteiger partial charge on any atom is 0.0543 e. The molecule has 0 unspecified atom stereocenters. The van der Waals surface area contributed by atoms with E-state index in [0.29, 0.717) is 28.6 Å². The van der Waals surface area contributed by atoms with Crippen molar-refractivity contribution >= 4 is 0 Å². The van der Waals surface area contributed by atoms with Crippen LogP contribution in [0.25, 0.3) is 0 Å². The van der Waals surface area contributed by atoms with Gasteiger partial charge in [-0.05, 0) is 104 Å². The number of aliphatic hydroxyl groups excluding tert-OH is 1. The lowest BCUT2D eigenvalue weighted by atomic mass is 9.47. The van der Waals surface area contributed by atoms with Gasteiger partial charge in [-0.15, -0.1) is 0 Å². The molecule has 29 heavy (non-hydrogen) atoms. The van der Waals surface area contributed by atoms with Crippen LogP contribution in [0.4, 0.5) is 0 Å². The van der Waals surface area contributed by atoms with E-state index in [1.807, 2.05) is 5.57 Å². The summed E-state index contributed by atoms with van der Waals surface area (Å²) in [4.78, 5) is 0. The molecule has 3 saturated carbocycles. The van der Waals surface area contributed by atoms with Gasteiger partial charge in [-0.3, -0.25) is 0 Å². The SMILES string of the molecule is CC(C)[C@H](C)/C=C/[C@@H](C)[C@@H]1CC[C@H]2C3=CC[C@H]4C[C@@H](O)CC[C@]4(C)[C@@H]3CC[C@]21C. The Morgan fingerprint density at radius 3 is 2.34 bits per heavy atom. The highest BCUT2D eigenvalue weighted by atomic mass is 16.3. The van der Waals surface area contributed by atoms with Crippen molar-refractivity contribution in [3.63, 3.8) is 0 Å². The molecule has 0 saturated heterocycles. The van der Waals surface area contributed by atoms with Crippen molar-refractivity contribution < 1.29 is 5.11 Å². The van der Waals surface area contributed by atoms with E-state index in [1.54, 1.807) is 0 Å². The summed E-state index contributed by atoms with van der Waals surface area (Å²) >= 11 is 0. The molecule has 1 N–H and O–H groups in total. The van der Waals surface area contributed by atoms with Gasteiger partial charge in [0.05, 0.1) is 6.10 Å². The van der Waals surface area contributed by atoms with Crippen LogP contribution < -0.4 is 0 Å². The highest BCUT2D eigenvalue weighted by molar-refractivity contribution is 5.28. The second-order valence-corrected chi connectivity index (χ2v) is 12.3. The van der Waals surface area contributed by atoms with E-state index >= 15 is 0 Å². The minimum atomic E-state index is -0.0476. The number of fused-ring (bicyclic) bond motifs is 5. The largest absolute Gasteiger partial charge is 0.393 e. The Hall–Kier alpha value is -0.560. The van der Waals surface area contributed by atoms with Crippen LogP contribution in [0.3, 0.4) is 0 Å². The third-order valence-corrected chi connectivity index (χ3v) is 10.5. The van der Waals surface area contributed by atoms with Gasteiger partial charge in [0, 0.05) is 0 Å². The molecular formula is C28H46O. The highest BCUT2D eigenvalue weighted by Crippen LogP contribution is 2.66. The van der Waals surface area contributed by atoms with Crippen LogP contribution >= 0.6 is 0 Å². The van der Waals surface area contributed by atoms with Crippen molar-refractivity contribution in [1.82, 2.24) is 0 Å². The molecular weight excluding hydrogens is 352 g/mol. The van der Waals surface area contributed by atoms with Crippen LogP contribution in [0.15, 0.2) is 23.8 Å². The predicted molar refractivity (Wildman–Crippen MR) is 124 cm³/mol. The number of allylic oxidation sites excluding steroid dienone is 4. The van der Waals surface area contributed by atoms with E-state index in [2.05, 4.69) is 59.8 Å². The minimum absolute atomic E-state index is 0.0476. The molecule has 0 heterocycles. The molecule has 0 spiro atoms. The van der Waals surface area contributed by atoms with Crippen molar-refractivity contribution in [3.05, 3.63) is 23.8 Å². The molecule has 4 rings (SSSR count). The van der Waals surface area contributed by atoms with Gasteiger partial charge in [-0.25, -0.2) is 0 Å². The number of aliphatic hydroxyl groups is 1. The van der Waals surface area contributed by atoms with E-state index in [0.717, 1.165) is 36.5 Å². The Morgan fingerprint density at radius 2 is 1.62 bits per heavy atom. The first-order valence-corrected chi connectivity index (χ1v) is 12.7. The summed E-state index contributed by atoms with van der Waals surface area (Å²) in [5, 5.41) is 10.2. The standard InChI is InChI=1S/C28H46O/c1-18(2)19(3)7-8-20(4)24-11-12-25-23-10-9-21-17-22(29)13-15-27(21,5)26(23)14-16-28(24,25)6/h7-8,10,18-22,24-26,29H,9,11-17H2,1-6H3/b8-7+/t19-,20-,21+,22+,24+,25+,26-,27+,28+/m1/s1. The first-order chi connectivity index (χ1) is 13.7. The molecule has 164 valence electrons. The van der Waals surface area contributed by atoms with E-state index in [-0.39, 0.29) is 6.10 Å². The Labute approximate surface area is 180 Å². The Kier molecular flexibility index (Phi) is 5.86. The third-order valence-electron chi connectivity index (χ3n) is 10.5. The Balaban J connectivity index is 1.54. The lowest BCUT2D eigenvalue weighted by molar-refractivity contribution is -0.0414. The minimum Gasteiger partial charge on any atom is -0.393 e. The van der Waals surface area contributed by atoms with Crippen molar-refractivity contribution in [3.8, 4) is 0 Å². The van der Waals surface area contributed by atoms with Crippen LogP contribution in [0.5, 0.6) is 0 Å². The number of rotatable bonds is 4. The third kappa shape index (κ3) is 3.58. The molecule has 0 aliphatic heterocycles. The molecule has 0 aromatic carbocycles. The predicted octanol–water partition coefficient (Wildman–Crippen LogP) is 7.41. The second-order valence-electron chi connectivity index (χ2n) is 12.3. The summed E-state index contributed by atoms with van der Waals surface area (Å²) in [5.41, 5.74) is 2.79. The van der Waals surface area contributed by atoms with Gasteiger partial charge in [0.25, 0.3) is 0 Å². The second kappa shape index (κ2) is 7.85. The monoisotopic (exact) mass is 398 g/mol. The molecule has 1 nitrogen and oxygen atoms in total. The maximum absolute atomic E-state index is 10.2. The summed E-state index contributed by atoms with van der Waals surface area (Å²) < 4.78 is 0. The van der Waals surface area contributed by atoms with Gasteiger partial charge in [0.2, 0.25) is 0 Å². The van der Waals surface area contributed by atoms with E-state index in [4.69, 9.17) is 0 Å². The van der Waals surface area contributed by atoms with Gasteiger partial charge >= 0.3 is 0 Å². The normalized spacial score (nSPS) is 46.8. The topological polar surface area (TPSA) is 20.2 Å². The van der Waals surface area contributed by atoms with Crippen LogP contribution in [0.2, 0.25) is 0 Å². The zero-order chi connectivity index (χ0) is 21.0. The van der Waals surface area contributed by atoms with Gasteiger partial charge < -0.3 is 5.11 Å². The van der Waals surface area contributed by atoms with Crippen molar-refractivity contribution in [2.75, 3.05) is 0 Å². The first kappa shape index (κ1) is 21.7.